The van der Waals surface area contributed by atoms with Crippen molar-refractivity contribution in [3.8, 4) is 0 Å². The Morgan fingerprint density at radius 1 is 1.16 bits per heavy atom. The lowest BCUT2D eigenvalue weighted by Crippen LogP contribution is -2.35. The number of allylic oxidation sites excluding steroid dienone is 4. The molecule has 0 radical (unpaired) electrons. The van der Waals surface area contributed by atoms with Gasteiger partial charge in [0.15, 0.2) is 0 Å². The highest BCUT2D eigenvalue weighted by Crippen LogP contribution is 2.60. The third-order valence-electron chi connectivity index (χ3n) is 10.7. The first kappa shape index (κ1) is 27.7. The van der Waals surface area contributed by atoms with Crippen molar-refractivity contribution in [1.82, 2.24) is 4.98 Å². The lowest BCUT2D eigenvalue weighted by atomic mass is 9.61. The summed E-state index contributed by atoms with van der Waals surface area (Å²) >= 11 is 0. The maximum absolute atomic E-state index is 11.2. The van der Waals surface area contributed by atoms with Gasteiger partial charge in [0.2, 0.25) is 0 Å². The van der Waals surface area contributed by atoms with E-state index in [-0.39, 0.29) is 10.8 Å². The molecule has 4 aliphatic rings. The van der Waals surface area contributed by atoms with Crippen LogP contribution in [0.4, 0.5) is 0 Å². The van der Waals surface area contributed by atoms with Gasteiger partial charge < -0.3 is 20.3 Å². The summed E-state index contributed by atoms with van der Waals surface area (Å²) in [5.41, 5.74) is 5.99. The second kappa shape index (κ2) is 10.9. The van der Waals surface area contributed by atoms with Gasteiger partial charge in [-0.15, -0.1) is 0 Å². The quantitative estimate of drug-likeness (QED) is 0.289. The van der Waals surface area contributed by atoms with Crippen LogP contribution in [-0.2, 0) is 11.8 Å². The van der Waals surface area contributed by atoms with Gasteiger partial charge in [-0.1, -0.05) is 63.6 Å². The minimum Gasteiger partial charge on any atom is -0.393 e. The standard InChI is InChI=1S/C34H49NO3/c1-5-7-24-18-31(35-21-24)34(16-17-34)32(38)14-9-22(2)28-12-13-29-25(8-6-15-33(28,29)4)10-11-26-19-27(36)20-30(37)23(26)3/h9-11,14,18,21-22,27-30,32,35-38H,3,5-8,12-13,15-17,19-20H2,1-2,4H3/b14-9+,25-10+,26-11-/t22-,27-,28-,29+,30+,32+,33-/m1/s1. The molecular weight excluding hydrogens is 470 g/mol. The molecule has 208 valence electrons. The molecule has 4 saturated carbocycles. The topological polar surface area (TPSA) is 76.5 Å². The van der Waals surface area contributed by atoms with Crippen molar-refractivity contribution in [1.29, 1.82) is 0 Å². The van der Waals surface area contributed by atoms with E-state index in [1.54, 1.807) is 0 Å². The first-order chi connectivity index (χ1) is 18.2. The van der Waals surface area contributed by atoms with Crippen LogP contribution in [0.15, 0.2) is 59.9 Å². The molecule has 7 atom stereocenters. The molecule has 5 rings (SSSR count). The number of aromatic amines is 1. The summed E-state index contributed by atoms with van der Waals surface area (Å²) in [7, 11) is 0. The summed E-state index contributed by atoms with van der Waals surface area (Å²) in [5.74, 6) is 1.62. The van der Waals surface area contributed by atoms with E-state index in [1.807, 2.05) is 0 Å². The molecule has 0 aliphatic heterocycles. The number of aromatic nitrogens is 1. The molecule has 0 amide bonds. The maximum atomic E-state index is 11.2. The van der Waals surface area contributed by atoms with Crippen LogP contribution in [0.2, 0.25) is 0 Å². The SMILES string of the molecule is C=C1/C(=C\C=C2/CCC[C@]3(C)[C@@H]([C@H](C)/C=C/[C@H](O)C4(c5cc(CCC)c[nH]5)CC4)CC[C@@H]23)C[C@@H](O)C[C@@H]1O. The molecular formula is C34H49NO3. The molecule has 0 unspecified atom stereocenters. The first-order valence-corrected chi connectivity index (χ1v) is 15.2. The number of H-pyrrole nitrogens is 1. The van der Waals surface area contributed by atoms with Crippen LogP contribution in [0.3, 0.4) is 0 Å². The van der Waals surface area contributed by atoms with Crippen molar-refractivity contribution in [2.75, 3.05) is 0 Å². The van der Waals surface area contributed by atoms with Gasteiger partial charge >= 0.3 is 0 Å². The largest absolute Gasteiger partial charge is 0.393 e. The number of hydrogen-bond donors (Lipinski definition) is 4. The van der Waals surface area contributed by atoms with E-state index in [0.29, 0.717) is 30.6 Å². The minimum absolute atomic E-state index is 0.122. The number of fused-ring (bicyclic) bond motifs is 1. The lowest BCUT2D eigenvalue weighted by molar-refractivity contribution is 0.0862. The summed E-state index contributed by atoms with van der Waals surface area (Å²) in [4.78, 5) is 3.47. The average Bonchev–Trinajstić information content (AvgIpc) is 3.42. The van der Waals surface area contributed by atoms with Crippen LogP contribution in [0.5, 0.6) is 0 Å². The van der Waals surface area contributed by atoms with Gasteiger partial charge in [0.1, 0.15) is 0 Å². The Balaban J connectivity index is 1.27. The maximum Gasteiger partial charge on any atom is 0.0831 e. The van der Waals surface area contributed by atoms with Crippen LogP contribution in [0, 0.1) is 23.2 Å². The third-order valence-corrected chi connectivity index (χ3v) is 10.7. The van der Waals surface area contributed by atoms with Gasteiger partial charge in [0, 0.05) is 23.7 Å². The second-order valence-electron chi connectivity index (χ2n) is 13.2. The van der Waals surface area contributed by atoms with Crippen LogP contribution in [0.25, 0.3) is 0 Å². The smallest absolute Gasteiger partial charge is 0.0831 e. The molecule has 4 aliphatic carbocycles. The van der Waals surface area contributed by atoms with Crippen molar-refractivity contribution in [2.24, 2.45) is 23.2 Å². The van der Waals surface area contributed by atoms with Crippen molar-refractivity contribution < 1.29 is 15.3 Å². The van der Waals surface area contributed by atoms with E-state index in [4.69, 9.17) is 0 Å². The molecule has 4 fully saturated rings. The molecule has 0 bridgehead atoms. The van der Waals surface area contributed by atoms with Crippen LogP contribution >= 0.6 is 0 Å². The molecule has 4 heteroatoms. The van der Waals surface area contributed by atoms with Gasteiger partial charge in [-0.3, -0.25) is 0 Å². The van der Waals surface area contributed by atoms with Crippen molar-refractivity contribution in [3.63, 3.8) is 0 Å². The van der Waals surface area contributed by atoms with E-state index < -0.39 is 18.3 Å². The normalized spacial score (nSPS) is 36.6. The number of hydrogen-bond acceptors (Lipinski definition) is 3. The molecule has 4 nitrogen and oxygen atoms in total. The van der Waals surface area contributed by atoms with Crippen LogP contribution < -0.4 is 0 Å². The van der Waals surface area contributed by atoms with Gasteiger partial charge in [-0.2, -0.15) is 0 Å². The van der Waals surface area contributed by atoms with Gasteiger partial charge in [0.05, 0.1) is 18.3 Å². The highest BCUT2D eigenvalue weighted by atomic mass is 16.3. The Labute approximate surface area is 229 Å². The predicted octanol–water partition coefficient (Wildman–Crippen LogP) is 6.69. The van der Waals surface area contributed by atoms with E-state index >= 15 is 0 Å². The van der Waals surface area contributed by atoms with Crippen LogP contribution in [-0.4, -0.2) is 38.6 Å². The van der Waals surface area contributed by atoms with Gasteiger partial charge in [-0.25, -0.2) is 0 Å². The summed E-state index contributed by atoms with van der Waals surface area (Å²) in [6, 6.07) is 2.27. The molecule has 0 spiro atoms. The van der Waals surface area contributed by atoms with E-state index in [9.17, 15) is 15.3 Å². The number of aryl methyl sites for hydroxylation is 1. The summed E-state index contributed by atoms with van der Waals surface area (Å²) in [6.07, 6.45) is 20.7. The first-order valence-electron chi connectivity index (χ1n) is 15.2. The van der Waals surface area contributed by atoms with Gasteiger partial charge in [0.25, 0.3) is 0 Å². The predicted molar refractivity (Wildman–Crippen MR) is 155 cm³/mol. The third kappa shape index (κ3) is 5.17. The Hall–Kier alpha value is -1.88. The monoisotopic (exact) mass is 519 g/mol. The molecule has 38 heavy (non-hydrogen) atoms. The average molecular weight is 520 g/mol. The molecule has 1 aromatic rings. The zero-order valence-electron chi connectivity index (χ0n) is 23.8. The van der Waals surface area contributed by atoms with Crippen molar-refractivity contribution in [3.05, 3.63) is 71.1 Å². The molecule has 1 aromatic heterocycles. The zero-order chi connectivity index (χ0) is 27.1. The highest BCUT2D eigenvalue weighted by molar-refractivity contribution is 5.39. The Morgan fingerprint density at radius 3 is 2.68 bits per heavy atom. The Morgan fingerprint density at radius 2 is 1.95 bits per heavy atom. The fourth-order valence-electron chi connectivity index (χ4n) is 8.23. The van der Waals surface area contributed by atoms with Crippen LogP contribution in [0.1, 0.15) is 96.2 Å². The van der Waals surface area contributed by atoms with E-state index in [2.05, 4.69) is 68.9 Å². The summed E-state index contributed by atoms with van der Waals surface area (Å²) < 4.78 is 0. The lowest BCUT2D eigenvalue weighted by Gasteiger charge is -2.44. The summed E-state index contributed by atoms with van der Waals surface area (Å²) in [6.45, 7) is 11.1. The zero-order valence-corrected chi connectivity index (χ0v) is 23.8. The fourth-order valence-corrected chi connectivity index (χ4v) is 8.23. The minimum atomic E-state index is -0.635. The molecule has 1 heterocycles. The number of aliphatic hydroxyl groups excluding tert-OH is 3. The van der Waals surface area contributed by atoms with Crippen molar-refractivity contribution in [2.45, 2.75) is 115 Å². The Bertz CT molecular complexity index is 1100. The number of nitrogens with one attached hydrogen (secondary N) is 1. The Kier molecular flexibility index (Phi) is 7.97. The van der Waals surface area contributed by atoms with E-state index in [1.165, 1.54) is 42.5 Å². The summed E-state index contributed by atoms with van der Waals surface area (Å²) in [5, 5.41) is 31.6. The molecule has 0 aromatic carbocycles. The fraction of sp³-hybridized carbons (Fsp3) is 0.647. The highest BCUT2D eigenvalue weighted by Gasteiger charge is 2.52. The van der Waals surface area contributed by atoms with Crippen molar-refractivity contribution >= 4 is 0 Å². The molecule has 0 saturated heterocycles. The van der Waals surface area contributed by atoms with E-state index in [0.717, 1.165) is 43.3 Å². The second-order valence-corrected chi connectivity index (χ2v) is 13.2. The number of aliphatic hydroxyl groups is 3. The van der Waals surface area contributed by atoms with Gasteiger partial charge in [-0.05, 0) is 104 Å². The molecule has 4 N–H and O–H groups in total. The number of rotatable bonds is 8.